The molecule has 0 unspecified atom stereocenters. The summed E-state index contributed by atoms with van der Waals surface area (Å²) in [5, 5.41) is 0.973. The lowest BCUT2D eigenvalue weighted by molar-refractivity contribution is 0.997. The number of aromatic nitrogens is 3. The van der Waals surface area contributed by atoms with Gasteiger partial charge in [0.05, 0.1) is 5.39 Å². The van der Waals surface area contributed by atoms with Gasteiger partial charge in [0.1, 0.15) is 16.5 Å². The normalized spacial score (nSPS) is 11.0. The fourth-order valence-electron chi connectivity index (χ4n) is 1.98. The molecule has 0 fully saturated rings. The third-order valence-electron chi connectivity index (χ3n) is 2.98. The van der Waals surface area contributed by atoms with Crippen LogP contribution in [-0.4, -0.2) is 15.0 Å². The van der Waals surface area contributed by atoms with E-state index in [1.807, 2.05) is 12.1 Å². The van der Waals surface area contributed by atoms with Crippen LogP contribution in [0.5, 0.6) is 0 Å². The van der Waals surface area contributed by atoms with E-state index in [9.17, 15) is 0 Å². The minimum absolute atomic E-state index is 0.574. The quantitative estimate of drug-likeness (QED) is 0.794. The summed E-state index contributed by atoms with van der Waals surface area (Å²) in [4.78, 5) is 15.3. The Balaban J connectivity index is 2.01. The van der Waals surface area contributed by atoms with E-state index in [1.54, 1.807) is 23.7 Å². The standard InChI is InChI=1S/C14H14N4S/c1-2-10-8-11-13(15)17-12(18-14(11)19-10)7-9-3-5-16-6-4-9/h3-6,8H,2,7H2,1H3,(H2,15,17,18). The molecule has 96 valence electrons. The lowest BCUT2D eigenvalue weighted by Crippen LogP contribution is -2.00. The summed E-state index contributed by atoms with van der Waals surface area (Å²) in [6.07, 6.45) is 5.23. The molecule has 0 aromatic carbocycles. The van der Waals surface area contributed by atoms with Crippen LogP contribution in [0.2, 0.25) is 0 Å². The van der Waals surface area contributed by atoms with Gasteiger partial charge in [-0.15, -0.1) is 11.3 Å². The highest BCUT2D eigenvalue weighted by molar-refractivity contribution is 7.18. The maximum absolute atomic E-state index is 6.02. The van der Waals surface area contributed by atoms with E-state index in [-0.39, 0.29) is 0 Å². The molecule has 5 heteroatoms. The van der Waals surface area contributed by atoms with Crippen LogP contribution in [-0.2, 0) is 12.8 Å². The lowest BCUT2D eigenvalue weighted by Gasteiger charge is -2.02. The fourth-order valence-corrected chi connectivity index (χ4v) is 2.97. The molecular formula is C14H14N4S. The molecule has 0 aliphatic carbocycles. The van der Waals surface area contributed by atoms with Crippen molar-refractivity contribution in [1.82, 2.24) is 15.0 Å². The van der Waals surface area contributed by atoms with E-state index < -0.39 is 0 Å². The number of hydrogen-bond acceptors (Lipinski definition) is 5. The second-order valence-electron chi connectivity index (χ2n) is 4.34. The van der Waals surface area contributed by atoms with E-state index in [0.717, 1.165) is 28.0 Å². The Bertz CT molecular complexity index is 706. The average Bonchev–Trinajstić information content (AvgIpc) is 2.83. The van der Waals surface area contributed by atoms with Crippen molar-refractivity contribution in [2.75, 3.05) is 5.73 Å². The van der Waals surface area contributed by atoms with Crippen LogP contribution in [0.15, 0.2) is 30.6 Å². The van der Waals surface area contributed by atoms with Crippen molar-refractivity contribution in [3.05, 3.63) is 46.9 Å². The topological polar surface area (TPSA) is 64.7 Å². The van der Waals surface area contributed by atoms with Gasteiger partial charge >= 0.3 is 0 Å². The molecule has 3 aromatic rings. The molecule has 0 atom stereocenters. The van der Waals surface area contributed by atoms with Crippen molar-refractivity contribution in [3.8, 4) is 0 Å². The molecule has 19 heavy (non-hydrogen) atoms. The Labute approximate surface area is 115 Å². The van der Waals surface area contributed by atoms with E-state index in [2.05, 4.69) is 27.9 Å². The van der Waals surface area contributed by atoms with Gasteiger partial charge in [0.25, 0.3) is 0 Å². The number of nitrogen functional groups attached to an aromatic ring is 1. The first-order valence-electron chi connectivity index (χ1n) is 6.20. The van der Waals surface area contributed by atoms with Crippen molar-refractivity contribution in [1.29, 1.82) is 0 Å². The first-order valence-corrected chi connectivity index (χ1v) is 7.01. The van der Waals surface area contributed by atoms with Crippen LogP contribution in [0.25, 0.3) is 10.2 Å². The summed E-state index contributed by atoms with van der Waals surface area (Å²) in [7, 11) is 0. The molecule has 0 spiro atoms. The summed E-state index contributed by atoms with van der Waals surface area (Å²) in [6, 6.07) is 6.02. The zero-order valence-electron chi connectivity index (χ0n) is 10.6. The Hall–Kier alpha value is -2.01. The van der Waals surface area contributed by atoms with Crippen LogP contribution < -0.4 is 5.73 Å². The number of rotatable bonds is 3. The number of aryl methyl sites for hydroxylation is 1. The van der Waals surface area contributed by atoms with Gasteiger partial charge in [0.2, 0.25) is 0 Å². The van der Waals surface area contributed by atoms with Crippen molar-refractivity contribution < 1.29 is 0 Å². The fraction of sp³-hybridized carbons (Fsp3) is 0.214. The molecular weight excluding hydrogens is 256 g/mol. The highest BCUT2D eigenvalue weighted by Gasteiger charge is 2.09. The Morgan fingerprint density at radius 2 is 2.00 bits per heavy atom. The number of thiophene rings is 1. The molecule has 0 radical (unpaired) electrons. The highest BCUT2D eigenvalue weighted by Crippen LogP contribution is 2.28. The van der Waals surface area contributed by atoms with Gasteiger partial charge < -0.3 is 5.73 Å². The first-order chi connectivity index (χ1) is 9.26. The van der Waals surface area contributed by atoms with Gasteiger partial charge in [-0.2, -0.15) is 0 Å². The van der Waals surface area contributed by atoms with Crippen molar-refractivity contribution in [2.24, 2.45) is 0 Å². The van der Waals surface area contributed by atoms with Gasteiger partial charge in [-0.3, -0.25) is 4.98 Å². The number of pyridine rings is 1. The van der Waals surface area contributed by atoms with E-state index in [0.29, 0.717) is 12.2 Å². The monoisotopic (exact) mass is 270 g/mol. The molecule has 3 aromatic heterocycles. The number of nitrogens with zero attached hydrogens (tertiary/aromatic N) is 3. The molecule has 0 amide bonds. The van der Waals surface area contributed by atoms with Gasteiger partial charge in [-0.1, -0.05) is 6.92 Å². The van der Waals surface area contributed by atoms with Crippen LogP contribution >= 0.6 is 11.3 Å². The molecule has 4 nitrogen and oxygen atoms in total. The summed E-state index contributed by atoms with van der Waals surface area (Å²) in [6.45, 7) is 2.13. The van der Waals surface area contributed by atoms with Gasteiger partial charge in [-0.25, -0.2) is 9.97 Å². The number of nitrogens with two attached hydrogens (primary N) is 1. The summed E-state index contributed by atoms with van der Waals surface area (Å²) in [5.74, 6) is 1.34. The predicted molar refractivity (Wildman–Crippen MR) is 78.2 cm³/mol. The Kier molecular flexibility index (Phi) is 3.13. The van der Waals surface area contributed by atoms with Crippen LogP contribution in [0.4, 0.5) is 5.82 Å². The maximum Gasteiger partial charge on any atom is 0.136 e. The minimum Gasteiger partial charge on any atom is -0.383 e. The largest absolute Gasteiger partial charge is 0.383 e. The molecule has 2 N–H and O–H groups in total. The van der Waals surface area contributed by atoms with E-state index >= 15 is 0 Å². The van der Waals surface area contributed by atoms with Gasteiger partial charge in [-0.05, 0) is 30.2 Å². The number of anilines is 1. The summed E-state index contributed by atoms with van der Waals surface area (Å²) < 4.78 is 0. The molecule has 3 rings (SSSR count). The molecule has 0 aliphatic heterocycles. The highest BCUT2D eigenvalue weighted by atomic mass is 32.1. The third-order valence-corrected chi connectivity index (χ3v) is 4.15. The molecule has 0 bridgehead atoms. The maximum atomic E-state index is 6.02. The van der Waals surface area contributed by atoms with Crippen molar-refractivity contribution in [2.45, 2.75) is 19.8 Å². The van der Waals surface area contributed by atoms with Crippen LogP contribution in [0, 0.1) is 0 Å². The molecule has 3 heterocycles. The molecule has 0 saturated carbocycles. The van der Waals surface area contributed by atoms with Crippen LogP contribution in [0.3, 0.4) is 0 Å². The van der Waals surface area contributed by atoms with E-state index in [4.69, 9.17) is 5.73 Å². The minimum atomic E-state index is 0.574. The van der Waals surface area contributed by atoms with E-state index in [1.165, 1.54) is 4.88 Å². The molecule has 0 saturated heterocycles. The number of hydrogen-bond donors (Lipinski definition) is 1. The smallest absolute Gasteiger partial charge is 0.136 e. The average molecular weight is 270 g/mol. The third kappa shape index (κ3) is 2.42. The zero-order valence-corrected chi connectivity index (χ0v) is 11.4. The van der Waals surface area contributed by atoms with Crippen molar-refractivity contribution in [3.63, 3.8) is 0 Å². The zero-order chi connectivity index (χ0) is 13.2. The predicted octanol–water partition coefficient (Wildman–Crippen LogP) is 2.82. The summed E-state index contributed by atoms with van der Waals surface area (Å²) >= 11 is 1.69. The summed E-state index contributed by atoms with van der Waals surface area (Å²) in [5.41, 5.74) is 7.16. The Morgan fingerprint density at radius 3 is 2.74 bits per heavy atom. The first kappa shape index (κ1) is 12.0. The van der Waals surface area contributed by atoms with Gasteiger partial charge in [0.15, 0.2) is 0 Å². The Morgan fingerprint density at radius 1 is 1.21 bits per heavy atom. The lowest BCUT2D eigenvalue weighted by atomic mass is 10.2. The molecule has 0 aliphatic rings. The van der Waals surface area contributed by atoms with Crippen molar-refractivity contribution >= 4 is 27.4 Å². The van der Waals surface area contributed by atoms with Gasteiger partial charge in [0, 0.05) is 23.7 Å². The second-order valence-corrected chi connectivity index (χ2v) is 5.46. The second kappa shape index (κ2) is 4.93. The van der Waals surface area contributed by atoms with Crippen LogP contribution in [0.1, 0.15) is 23.2 Å². The SMILES string of the molecule is CCc1cc2c(N)nc(Cc3ccncc3)nc2s1. The number of fused-ring (bicyclic) bond motifs is 1.